The summed E-state index contributed by atoms with van der Waals surface area (Å²) in [6.07, 6.45) is 0. The molecule has 5 nitrogen and oxygen atoms in total. The van der Waals surface area contributed by atoms with Gasteiger partial charge in [-0.15, -0.1) is 11.3 Å². The van der Waals surface area contributed by atoms with E-state index in [9.17, 15) is 4.79 Å². The van der Waals surface area contributed by atoms with E-state index in [1.54, 1.807) is 0 Å². The zero-order chi connectivity index (χ0) is 18.4. The SMILES string of the molecule is Cc1ccc(Nc2nc(COC(=O)COc3ccccc3C)cs2)cc1. The van der Waals surface area contributed by atoms with E-state index in [2.05, 4.69) is 10.3 Å². The van der Waals surface area contributed by atoms with Crippen molar-refractivity contribution in [3.8, 4) is 5.75 Å². The van der Waals surface area contributed by atoms with Gasteiger partial charge in [-0.25, -0.2) is 9.78 Å². The van der Waals surface area contributed by atoms with Crippen LogP contribution in [0, 0.1) is 13.8 Å². The van der Waals surface area contributed by atoms with Crippen LogP contribution in [0.4, 0.5) is 10.8 Å². The van der Waals surface area contributed by atoms with Crippen molar-refractivity contribution in [1.82, 2.24) is 4.98 Å². The Hall–Kier alpha value is -2.86. The molecule has 0 radical (unpaired) electrons. The monoisotopic (exact) mass is 368 g/mol. The van der Waals surface area contributed by atoms with Gasteiger partial charge in [0.15, 0.2) is 11.7 Å². The van der Waals surface area contributed by atoms with Gasteiger partial charge in [0.05, 0.1) is 5.69 Å². The van der Waals surface area contributed by atoms with E-state index < -0.39 is 5.97 Å². The van der Waals surface area contributed by atoms with E-state index in [-0.39, 0.29) is 13.2 Å². The highest BCUT2D eigenvalue weighted by Gasteiger charge is 2.08. The fourth-order valence-corrected chi connectivity index (χ4v) is 2.96. The molecule has 0 atom stereocenters. The Morgan fingerprint density at radius 1 is 1.12 bits per heavy atom. The molecule has 0 bridgehead atoms. The minimum Gasteiger partial charge on any atom is -0.482 e. The van der Waals surface area contributed by atoms with E-state index in [0.29, 0.717) is 11.4 Å². The maximum atomic E-state index is 11.8. The molecule has 0 saturated carbocycles. The van der Waals surface area contributed by atoms with Gasteiger partial charge in [0.25, 0.3) is 0 Å². The van der Waals surface area contributed by atoms with Crippen molar-refractivity contribution < 1.29 is 14.3 Å². The average Bonchev–Trinajstić information content (AvgIpc) is 3.09. The quantitative estimate of drug-likeness (QED) is 0.616. The minimum atomic E-state index is -0.422. The van der Waals surface area contributed by atoms with Gasteiger partial charge in [-0.05, 0) is 37.6 Å². The molecule has 0 saturated heterocycles. The second-order valence-corrected chi connectivity index (χ2v) is 6.71. The summed E-state index contributed by atoms with van der Waals surface area (Å²) < 4.78 is 10.7. The third-order valence-corrected chi connectivity index (χ3v) is 4.48. The zero-order valence-electron chi connectivity index (χ0n) is 14.7. The molecule has 26 heavy (non-hydrogen) atoms. The first-order valence-corrected chi connectivity index (χ1v) is 9.10. The van der Waals surface area contributed by atoms with Gasteiger partial charge in [0.1, 0.15) is 12.4 Å². The number of nitrogens with zero attached hydrogens (tertiary/aromatic N) is 1. The number of benzene rings is 2. The number of hydrogen-bond donors (Lipinski definition) is 1. The van der Waals surface area contributed by atoms with E-state index in [1.165, 1.54) is 16.9 Å². The van der Waals surface area contributed by atoms with Crippen molar-refractivity contribution in [2.75, 3.05) is 11.9 Å². The molecule has 3 rings (SSSR count). The van der Waals surface area contributed by atoms with E-state index in [1.807, 2.05) is 67.8 Å². The van der Waals surface area contributed by atoms with Crippen LogP contribution >= 0.6 is 11.3 Å². The number of rotatable bonds is 7. The number of thiazole rings is 1. The van der Waals surface area contributed by atoms with Gasteiger partial charge in [0, 0.05) is 11.1 Å². The van der Waals surface area contributed by atoms with Gasteiger partial charge in [-0.1, -0.05) is 35.9 Å². The standard InChI is InChI=1S/C20H20N2O3S/c1-14-7-9-16(10-8-14)21-20-22-17(13-26-20)11-25-19(23)12-24-18-6-4-3-5-15(18)2/h3-10,13H,11-12H2,1-2H3,(H,21,22). The van der Waals surface area contributed by atoms with Crippen LogP contribution < -0.4 is 10.1 Å². The number of ether oxygens (including phenoxy) is 2. The Balaban J connectivity index is 1.46. The second kappa shape index (κ2) is 8.49. The molecule has 1 N–H and O–H groups in total. The van der Waals surface area contributed by atoms with Crippen molar-refractivity contribution in [3.63, 3.8) is 0 Å². The normalized spacial score (nSPS) is 10.4. The summed E-state index contributed by atoms with van der Waals surface area (Å²) in [5.41, 5.74) is 3.86. The molecule has 0 spiro atoms. The minimum absolute atomic E-state index is 0.122. The molecule has 6 heteroatoms. The van der Waals surface area contributed by atoms with Crippen LogP contribution in [-0.4, -0.2) is 17.6 Å². The topological polar surface area (TPSA) is 60.5 Å². The van der Waals surface area contributed by atoms with Gasteiger partial charge in [-0.2, -0.15) is 0 Å². The number of esters is 1. The number of aryl methyl sites for hydroxylation is 2. The van der Waals surface area contributed by atoms with Crippen LogP contribution in [0.3, 0.4) is 0 Å². The van der Waals surface area contributed by atoms with Crippen LogP contribution in [0.2, 0.25) is 0 Å². The van der Waals surface area contributed by atoms with Crippen molar-refractivity contribution in [3.05, 3.63) is 70.7 Å². The summed E-state index contributed by atoms with van der Waals surface area (Å²) in [6.45, 7) is 3.98. The zero-order valence-corrected chi connectivity index (χ0v) is 15.5. The molecular weight excluding hydrogens is 348 g/mol. The predicted octanol–water partition coefficient (Wildman–Crippen LogP) is 4.63. The molecule has 1 aromatic heterocycles. The first-order chi connectivity index (χ1) is 12.6. The summed E-state index contributed by atoms with van der Waals surface area (Å²) in [7, 11) is 0. The van der Waals surface area contributed by atoms with E-state index in [4.69, 9.17) is 9.47 Å². The maximum Gasteiger partial charge on any atom is 0.344 e. The molecule has 134 valence electrons. The summed E-state index contributed by atoms with van der Waals surface area (Å²) in [4.78, 5) is 16.3. The summed E-state index contributed by atoms with van der Waals surface area (Å²) >= 11 is 1.47. The molecule has 3 aromatic rings. The first kappa shape index (κ1) is 17.9. The number of anilines is 2. The molecule has 0 fully saturated rings. The first-order valence-electron chi connectivity index (χ1n) is 8.22. The Morgan fingerprint density at radius 2 is 1.88 bits per heavy atom. The Morgan fingerprint density at radius 3 is 2.65 bits per heavy atom. The maximum absolute atomic E-state index is 11.8. The second-order valence-electron chi connectivity index (χ2n) is 5.85. The lowest BCUT2D eigenvalue weighted by atomic mass is 10.2. The lowest BCUT2D eigenvalue weighted by Crippen LogP contribution is -2.15. The molecule has 1 heterocycles. The number of aromatic nitrogens is 1. The Labute approximate surface area is 156 Å². The summed E-state index contributed by atoms with van der Waals surface area (Å²) in [6, 6.07) is 15.6. The smallest absolute Gasteiger partial charge is 0.344 e. The molecular formula is C20H20N2O3S. The lowest BCUT2D eigenvalue weighted by Gasteiger charge is -2.08. The summed E-state index contributed by atoms with van der Waals surface area (Å²) in [5, 5.41) is 5.86. The van der Waals surface area contributed by atoms with Gasteiger partial charge >= 0.3 is 5.97 Å². The highest BCUT2D eigenvalue weighted by Crippen LogP contribution is 2.21. The number of hydrogen-bond acceptors (Lipinski definition) is 6. The molecule has 0 aliphatic heterocycles. The van der Waals surface area contributed by atoms with Gasteiger partial charge < -0.3 is 14.8 Å². The fraction of sp³-hybridized carbons (Fsp3) is 0.200. The van der Waals surface area contributed by atoms with E-state index in [0.717, 1.165) is 16.4 Å². The Kier molecular flexibility index (Phi) is 5.86. The van der Waals surface area contributed by atoms with Crippen molar-refractivity contribution in [2.45, 2.75) is 20.5 Å². The number of nitrogens with one attached hydrogen (secondary N) is 1. The van der Waals surface area contributed by atoms with Gasteiger partial charge in [0.2, 0.25) is 0 Å². The van der Waals surface area contributed by atoms with Crippen LogP contribution in [0.1, 0.15) is 16.8 Å². The molecule has 0 aliphatic carbocycles. The van der Waals surface area contributed by atoms with Crippen LogP contribution in [0.25, 0.3) is 0 Å². The van der Waals surface area contributed by atoms with Crippen molar-refractivity contribution in [2.24, 2.45) is 0 Å². The van der Waals surface area contributed by atoms with Crippen molar-refractivity contribution in [1.29, 1.82) is 0 Å². The van der Waals surface area contributed by atoms with Crippen LogP contribution in [0.5, 0.6) is 5.75 Å². The third kappa shape index (κ3) is 5.07. The fourth-order valence-electron chi connectivity index (χ4n) is 2.24. The number of carbonyl (C=O) groups is 1. The molecule has 0 aliphatic rings. The largest absolute Gasteiger partial charge is 0.482 e. The summed E-state index contributed by atoms with van der Waals surface area (Å²) in [5.74, 6) is 0.261. The molecule has 0 unspecified atom stereocenters. The third-order valence-electron chi connectivity index (χ3n) is 3.67. The van der Waals surface area contributed by atoms with Gasteiger partial charge in [-0.3, -0.25) is 0 Å². The van der Waals surface area contributed by atoms with Crippen molar-refractivity contribution >= 4 is 28.1 Å². The average molecular weight is 368 g/mol. The Bertz CT molecular complexity index is 875. The molecule has 0 amide bonds. The lowest BCUT2D eigenvalue weighted by molar-refractivity contribution is -0.147. The highest BCUT2D eigenvalue weighted by molar-refractivity contribution is 7.13. The molecule has 2 aromatic carbocycles. The van der Waals surface area contributed by atoms with E-state index >= 15 is 0 Å². The highest BCUT2D eigenvalue weighted by atomic mass is 32.1. The number of carbonyl (C=O) groups excluding carboxylic acids is 1. The van der Waals surface area contributed by atoms with Crippen LogP contribution in [-0.2, 0) is 16.1 Å². The predicted molar refractivity (Wildman–Crippen MR) is 103 cm³/mol. The van der Waals surface area contributed by atoms with Crippen LogP contribution in [0.15, 0.2) is 53.9 Å². The number of para-hydroxylation sites is 1.